The maximum atomic E-state index is 13.5. The van der Waals surface area contributed by atoms with Gasteiger partial charge in [-0.25, -0.2) is 9.78 Å². The van der Waals surface area contributed by atoms with Crippen LogP contribution in [-0.2, 0) is 22.2 Å². The van der Waals surface area contributed by atoms with E-state index in [0.717, 1.165) is 36.2 Å². The molecule has 4 rings (SSSR count). The number of amides is 2. The normalized spacial score (nSPS) is 15.1. The fourth-order valence-corrected chi connectivity index (χ4v) is 4.64. The lowest BCUT2D eigenvalue weighted by molar-refractivity contribution is -0.137. The van der Waals surface area contributed by atoms with E-state index in [4.69, 9.17) is 9.47 Å². The van der Waals surface area contributed by atoms with E-state index in [-0.39, 0.29) is 24.1 Å². The number of alkyl carbamates (subject to hydrolysis) is 1. The third-order valence-corrected chi connectivity index (χ3v) is 6.85. The van der Waals surface area contributed by atoms with E-state index in [2.05, 4.69) is 20.6 Å². The molecule has 11 heteroatoms. The molecule has 0 bridgehead atoms. The molecule has 0 unspecified atom stereocenters. The van der Waals surface area contributed by atoms with Crippen LogP contribution in [0.5, 0.6) is 0 Å². The van der Waals surface area contributed by atoms with Crippen LogP contribution in [0.3, 0.4) is 0 Å². The molecule has 1 aliphatic heterocycles. The van der Waals surface area contributed by atoms with Gasteiger partial charge in [0.05, 0.1) is 23.5 Å². The summed E-state index contributed by atoms with van der Waals surface area (Å²) in [5, 5.41) is 5.53. The molecule has 2 aromatic carbocycles. The Morgan fingerprint density at radius 2 is 1.74 bits per heavy atom. The van der Waals surface area contributed by atoms with Crippen LogP contribution in [0.25, 0.3) is 11.1 Å². The highest BCUT2D eigenvalue weighted by Crippen LogP contribution is 2.34. The smallest absolute Gasteiger partial charge is 0.416 e. The van der Waals surface area contributed by atoms with Gasteiger partial charge in [-0.05, 0) is 74.9 Å². The molecule has 224 valence electrons. The van der Waals surface area contributed by atoms with Crippen molar-refractivity contribution in [3.05, 3.63) is 82.9 Å². The Labute approximate surface area is 243 Å². The largest absolute Gasteiger partial charge is 0.444 e. The predicted octanol–water partition coefficient (Wildman–Crippen LogP) is 6.57. The van der Waals surface area contributed by atoms with Crippen molar-refractivity contribution in [1.82, 2.24) is 20.6 Å². The summed E-state index contributed by atoms with van der Waals surface area (Å²) >= 11 is 0. The molecule has 1 saturated heterocycles. The van der Waals surface area contributed by atoms with Crippen LogP contribution in [0.1, 0.15) is 85.4 Å². The zero-order valence-electron chi connectivity index (χ0n) is 24.0. The summed E-state index contributed by atoms with van der Waals surface area (Å²) in [7, 11) is 0. The summed E-state index contributed by atoms with van der Waals surface area (Å²) in [4.78, 5) is 33.8. The standard InChI is InChI=1S/C31H35F3N4O4/c1-19(37-28(39)27-18-35-17-26(38-27)22-11-13-41-14-12-22)20-5-7-21(8-6-20)25-15-24(31(32,33)34)10-9-23(25)16-36-29(40)42-30(2,3)4/h5-10,15,17-19,22H,11-14,16H2,1-4H3,(H,36,40)(H,37,39)/t19-/m1/s1. The molecule has 0 spiro atoms. The Morgan fingerprint density at radius 1 is 1.05 bits per heavy atom. The van der Waals surface area contributed by atoms with Crippen molar-refractivity contribution in [3.8, 4) is 11.1 Å². The van der Waals surface area contributed by atoms with Gasteiger partial charge in [0.2, 0.25) is 0 Å². The summed E-state index contributed by atoms with van der Waals surface area (Å²) in [5.41, 5.74) is 1.56. The average Bonchev–Trinajstić information content (AvgIpc) is 2.95. The highest BCUT2D eigenvalue weighted by Gasteiger charge is 2.31. The lowest BCUT2D eigenvalue weighted by Gasteiger charge is -2.21. The number of hydrogen-bond donors (Lipinski definition) is 2. The number of carbonyl (C=O) groups excluding carboxylic acids is 2. The Kier molecular flexibility index (Phi) is 9.50. The fourth-order valence-electron chi connectivity index (χ4n) is 4.64. The Balaban J connectivity index is 1.49. The summed E-state index contributed by atoms with van der Waals surface area (Å²) in [5.74, 6) is -0.176. The van der Waals surface area contributed by atoms with Gasteiger partial charge in [0.25, 0.3) is 5.91 Å². The molecule has 0 radical (unpaired) electrons. The lowest BCUT2D eigenvalue weighted by atomic mass is 9.95. The highest BCUT2D eigenvalue weighted by molar-refractivity contribution is 5.92. The van der Waals surface area contributed by atoms with Gasteiger partial charge in [0, 0.05) is 31.9 Å². The average molecular weight is 585 g/mol. The minimum atomic E-state index is -4.53. The molecule has 0 aliphatic carbocycles. The van der Waals surface area contributed by atoms with Gasteiger partial charge in [-0.1, -0.05) is 30.3 Å². The first kappa shape index (κ1) is 31.0. The van der Waals surface area contributed by atoms with Crippen molar-refractivity contribution in [1.29, 1.82) is 0 Å². The Bertz CT molecular complexity index is 1400. The van der Waals surface area contributed by atoms with Crippen LogP contribution in [0.4, 0.5) is 18.0 Å². The van der Waals surface area contributed by atoms with Gasteiger partial charge in [-0.15, -0.1) is 0 Å². The second-order valence-electron chi connectivity index (χ2n) is 11.3. The molecule has 1 atom stereocenters. The minimum absolute atomic E-state index is 0.0232. The molecule has 1 aliphatic rings. The first-order valence-corrected chi connectivity index (χ1v) is 13.8. The van der Waals surface area contributed by atoms with Crippen molar-refractivity contribution in [2.45, 2.75) is 70.8 Å². The number of alkyl halides is 3. The molecule has 2 amide bonds. The first-order chi connectivity index (χ1) is 19.8. The van der Waals surface area contributed by atoms with E-state index >= 15 is 0 Å². The van der Waals surface area contributed by atoms with E-state index < -0.39 is 29.5 Å². The van der Waals surface area contributed by atoms with Gasteiger partial charge in [0.15, 0.2) is 0 Å². The highest BCUT2D eigenvalue weighted by atomic mass is 19.4. The summed E-state index contributed by atoms with van der Waals surface area (Å²) in [6, 6.07) is 9.87. The summed E-state index contributed by atoms with van der Waals surface area (Å²) in [6.07, 6.45) is -0.444. The zero-order valence-corrected chi connectivity index (χ0v) is 24.0. The van der Waals surface area contributed by atoms with E-state index in [1.165, 1.54) is 12.3 Å². The van der Waals surface area contributed by atoms with Crippen molar-refractivity contribution in [2.24, 2.45) is 0 Å². The Hall–Kier alpha value is -3.99. The third-order valence-electron chi connectivity index (χ3n) is 6.85. The van der Waals surface area contributed by atoms with Gasteiger partial charge >= 0.3 is 12.3 Å². The molecule has 3 aromatic rings. The van der Waals surface area contributed by atoms with Crippen LogP contribution >= 0.6 is 0 Å². The van der Waals surface area contributed by atoms with Crippen LogP contribution < -0.4 is 10.6 Å². The number of rotatable bonds is 7. The number of aromatic nitrogens is 2. The van der Waals surface area contributed by atoms with Crippen LogP contribution in [0, 0.1) is 0 Å². The van der Waals surface area contributed by atoms with Crippen molar-refractivity contribution in [2.75, 3.05) is 13.2 Å². The molecule has 0 saturated carbocycles. The molecule has 1 fully saturated rings. The van der Waals surface area contributed by atoms with Crippen molar-refractivity contribution >= 4 is 12.0 Å². The van der Waals surface area contributed by atoms with E-state index in [1.807, 2.05) is 6.92 Å². The number of nitrogens with zero attached hydrogens (tertiary/aromatic N) is 2. The maximum absolute atomic E-state index is 13.5. The Morgan fingerprint density at radius 3 is 2.38 bits per heavy atom. The van der Waals surface area contributed by atoms with E-state index in [1.54, 1.807) is 51.2 Å². The first-order valence-electron chi connectivity index (χ1n) is 13.8. The van der Waals surface area contributed by atoms with E-state index in [0.29, 0.717) is 29.9 Å². The van der Waals surface area contributed by atoms with E-state index in [9.17, 15) is 22.8 Å². The molecular weight excluding hydrogens is 549 g/mol. The second-order valence-corrected chi connectivity index (χ2v) is 11.3. The second kappa shape index (κ2) is 12.9. The lowest BCUT2D eigenvalue weighted by Crippen LogP contribution is -2.32. The van der Waals surface area contributed by atoms with Crippen LogP contribution in [0.15, 0.2) is 54.9 Å². The van der Waals surface area contributed by atoms with Gasteiger partial charge < -0.3 is 20.1 Å². The molecular formula is C31H35F3N4O4. The number of ether oxygens (including phenoxy) is 2. The molecule has 2 heterocycles. The fraction of sp³-hybridized carbons (Fsp3) is 0.419. The maximum Gasteiger partial charge on any atom is 0.416 e. The number of halogens is 3. The summed E-state index contributed by atoms with van der Waals surface area (Å²) in [6.45, 7) is 8.25. The predicted molar refractivity (Wildman–Crippen MR) is 151 cm³/mol. The monoisotopic (exact) mass is 584 g/mol. The topological polar surface area (TPSA) is 102 Å². The van der Waals surface area contributed by atoms with Crippen LogP contribution in [0.2, 0.25) is 0 Å². The van der Waals surface area contributed by atoms with Crippen molar-refractivity contribution in [3.63, 3.8) is 0 Å². The minimum Gasteiger partial charge on any atom is -0.444 e. The zero-order chi connectivity index (χ0) is 30.5. The third kappa shape index (κ3) is 8.28. The van der Waals surface area contributed by atoms with Gasteiger partial charge in [-0.3, -0.25) is 9.78 Å². The quantitative estimate of drug-likeness (QED) is 0.326. The van der Waals surface area contributed by atoms with Gasteiger partial charge in [-0.2, -0.15) is 13.2 Å². The van der Waals surface area contributed by atoms with Crippen LogP contribution in [-0.4, -0.2) is 40.8 Å². The number of carbonyl (C=O) groups is 2. The number of benzene rings is 2. The number of nitrogens with one attached hydrogen (secondary N) is 2. The molecule has 8 nitrogen and oxygen atoms in total. The SMILES string of the molecule is C[C@@H](NC(=O)c1cncc(C2CCOCC2)n1)c1ccc(-c2cc(C(F)(F)F)ccc2CNC(=O)OC(C)(C)C)cc1. The number of hydrogen-bond acceptors (Lipinski definition) is 6. The molecule has 42 heavy (non-hydrogen) atoms. The van der Waals surface area contributed by atoms with Gasteiger partial charge in [0.1, 0.15) is 11.3 Å². The van der Waals surface area contributed by atoms with Crippen molar-refractivity contribution < 1.29 is 32.2 Å². The summed E-state index contributed by atoms with van der Waals surface area (Å²) < 4.78 is 51.2. The molecule has 2 N–H and O–H groups in total. The molecule has 1 aromatic heterocycles.